The van der Waals surface area contributed by atoms with Gasteiger partial charge in [-0.1, -0.05) is 233 Å². The lowest BCUT2D eigenvalue weighted by Crippen LogP contribution is -2.50. The molecule has 0 unspecified atom stereocenters. The van der Waals surface area contributed by atoms with Gasteiger partial charge in [-0.25, -0.2) is 19.2 Å². The summed E-state index contributed by atoms with van der Waals surface area (Å²) in [6, 6.07) is 33.2. The zero-order valence-electron chi connectivity index (χ0n) is 45.6. The van der Waals surface area contributed by atoms with E-state index in [-0.39, 0.29) is 0 Å². The van der Waals surface area contributed by atoms with Crippen LogP contribution < -0.4 is 0 Å². The first-order valence-corrected chi connectivity index (χ1v) is 26.1. The van der Waals surface area contributed by atoms with Gasteiger partial charge in [-0.3, -0.25) is 0 Å². The van der Waals surface area contributed by atoms with Crippen LogP contribution in [0, 0.1) is 0 Å². The van der Waals surface area contributed by atoms with E-state index in [1.165, 1.54) is 133 Å². The number of carbonyl (C=O) groups is 4. The van der Waals surface area contributed by atoms with Crippen molar-refractivity contribution < 1.29 is 44.1 Å². The number of quaternary nitrogens is 1. The summed E-state index contributed by atoms with van der Waals surface area (Å²) in [5.74, 6) is -3.52. The zero-order chi connectivity index (χ0) is 53.4. The molecule has 0 aromatic heterocycles. The summed E-state index contributed by atoms with van der Waals surface area (Å²) in [7, 11) is 0. The van der Waals surface area contributed by atoms with E-state index in [1.807, 2.05) is 0 Å². The summed E-state index contributed by atoms with van der Waals surface area (Å²) >= 11 is 0. The number of nitrogens with zero attached hydrogens (tertiary/aromatic N) is 1. The summed E-state index contributed by atoms with van der Waals surface area (Å²) in [6.07, 6.45) is 21.6. The van der Waals surface area contributed by atoms with E-state index < -0.39 is 23.9 Å². The van der Waals surface area contributed by atoms with Gasteiger partial charge in [0.15, 0.2) is 0 Å². The Hall–Kier alpha value is -5.28. The molecule has 0 aliphatic carbocycles. The highest BCUT2D eigenvalue weighted by atomic mass is 16.4. The normalized spacial score (nSPS) is 9.33. The smallest absolute Gasteiger partial charge is 0.335 e. The summed E-state index contributed by atoms with van der Waals surface area (Å²) < 4.78 is 1.42. The molecule has 4 aromatic rings. The van der Waals surface area contributed by atoms with Gasteiger partial charge in [0.05, 0.1) is 48.4 Å². The fourth-order valence-corrected chi connectivity index (χ4v) is 4.97. The molecule has 4 N–H and O–H groups in total. The number of carboxylic acid groups (broad SMARTS) is 4. The molecule has 0 spiro atoms. The molecule has 0 fully saturated rings. The summed E-state index contributed by atoms with van der Waals surface area (Å²) in [5.41, 5.74) is 1.32. The maximum atomic E-state index is 10.2. The molecule has 69 heavy (non-hydrogen) atoms. The van der Waals surface area contributed by atoms with Gasteiger partial charge in [0.2, 0.25) is 0 Å². The van der Waals surface area contributed by atoms with Crippen molar-refractivity contribution >= 4 is 23.9 Å². The van der Waals surface area contributed by atoms with E-state index in [0.29, 0.717) is 22.3 Å². The lowest BCUT2D eigenvalue weighted by atomic mass is 10.1. The molecule has 0 heterocycles. The maximum Gasteiger partial charge on any atom is 0.335 e. The molecule has 9 nitrogen and oxygen atoms in total. The molecule has 4 rings (SSSR count). The van der Waals surface area contributed by atoms with Gasteiger partial charge in [-0.15, -0.1) is 0 Å². The molecule has 0 aliphatic rings. The molecule has 0 atom stereocenters. The second-order valence-corrected chi connectivity index (χ2v) is 16.3. The summed E-state index contributed by atoms with van der Waals surface area (Å²) in [6.45, 7) is 32.5. The van der Waals surface area contributed by atoms with Gasteiger partial charge in [0.1, 0.15) is 0 Å². The highest BCUT2D eigenvalue weighted by Gasteiger charge is 2.24. The van der Waals surface area contributed by atoms with Gasteiger partial charge in [0, 0.05) is 0 Å². The molecule has 4 aromatic carbocycles. The van der Waals surface area contributed by atoms with Crippen molar-refractivity contribution in [2.24, 2.45) is 0 Å². The van der Waals surface area contributed by atoms with E-state index in [4.69, 9.17) is 20.4 Å². The summed E-state index contributed by atoms with van der Waals surface area (Å²) in [4.78, 5) is 40.8. The van der Waals surface area contributed by atoms with Crippen LogP contribution >= 0.6 is 0 Å². The van der Waals surface area contributed by atoms with Crippen LogP contribution in [0.1, 0.15) is 227 Å². The average molecular weight is 963 g/mol. The Balaban J connectivity index is -0.000000233. The lowest BCUT2D eigenvalue weighted by molar-refractivity contribution is -0.929. The minimum atomic E-state index is -0.879. The van der Waals surface area contributed by atoms with Crippen molar-refractivity contribution in [3.05, 3.63) is 144 Å². The van der Waals surface area contributed by atoms with Crippen LogP contribution in [0.15, 0.2) is 121 Å². The van der Waals surface area contributed by atoms with Gasteiger partial charge in [-0.2, -0.15) is 0 Å². The van der Waals surface area contributed by atoms with Crippen molar-refractivity contribution in [2.45, 2.75) is 186 Å². The number of hydrogen-bond donors (Lipinski definition) is 4. The molecular formula is C60H100NO8+. The third-order valence-corrected chi connectivity index (χ3v) is 10.0. The van der Waals surface area contributed by atoms with Crippen molar-refractivity contribution in [1.82, 2.24) is 0 Å². The predicted molar refractivity (Wildman–Crippen MR) is 295 cm³/mol. The highest BCUT2D eigenvalue weighted by molar-refractivity contribution is 5.88. The first-order chi connectivity index (χ1) is 33.1. The Labute approximate surface area is 422 Å². The van der Waals surface area contributed by atoms with Crippen molar-refractivity contribution in [1.29, 1.82) is 0 Å². The second-order valence-electron chi connectivity index (χ2n) is 16.3. The molecule has 0 bridgehead atoms. The highest BCUT2D eigenvalue weighted by Crippen LogP contribution is 2.16. The van der Waals surface area contributed by atoms with E-state index in [1.54, 1.807) is 121 Å². The van der Waals surface area contributed by atoms with Gasteiger partial charge >= 0.3 is 23.9 Å². The zero-order valence-corrected chi connectivity index (χ0v) is 45.6. The molecule has 392 valence electrons. The average Bonchev–Trinajstić information content (AvgIpc) is 3.40. The van der Waals surface area contributed by atoms with Crippen molar-refractivity contribution in [3.63, 3.8) is 0 Å². The Bertz CT molecular complexity index is 1390. The van der Waals surface area contributed by atoms with Crippen LogP contribution in [0.5, 0.6) is 0 Å². The number of hydrogen-bond acceptors (Lipinski definition) is 4. The maximum absolute atomic E-state index is 10.2. The topological polar surface area (TPSA) is 149 Å². The monoisotopic (exact) mass is 963 g/mol. The number of unbranched alkanes of at least 4 members (excludes halogenated alkanes) is 8. The Kier molecular flexibility index (Phi) is 60.1. The minimum absolute atomic E-state index is 0.331. The van der Waals surface area contributed by atoms with Gasteiger partial charge in [0.25, 0.3) is 0 Å². The third-order valence-electron chi connectivity index (χ3n) is 10.0. The van der Waals surface area contributed by atoms with E-state index >= 15 is 0 Å². The molecule has 0 saturated carbocycles. The first kappa shape index (κ1) is 72.7. The van der Waals surface area contributed by atoms with Crippen LogP contribution in [-0.4, -0.2) is 75.0 Å². The molecule has 0 amide bonds. The Morgan fingerprint density at radius 2 is 0.420 bits per heavy atom. The van der Waals surface area contributed by atoms with E-state index in [9.17, 15) is 19.2 Å². The fraction of sp³-hybridized carbons (Fsp3) is 0.533. The van der Waals surface area contributed by atoms with E-state index in [0.717, 1.165) is 0 Å². The first-order valence-electron chi connectivity index (χ1n) is 26.1. The lowest BCUT2D eigenvalue weighted by Gasteiger charge is -2.39. The van der Waals surface area contributed by atoms with Crippen molar-refractivity contribution in [3.8, 4) is 0 Å². The number of benzene rings is 4. The van der Waals surface area contributed by atoms with Crippen LogP contribution in [0.4, 0.5) is 0 Å². The summed E-state index contributed by atoms with van der Waals surface area (Å²) in [5, 5.41) is 33.5. The number of aromatic carboxylic acids is 4. The number of carboxylic acids is 4. The van der Waals surface area contributed by atoms with Crippen LogP contribution in [0.3, 0.4) is 0 Å². The second kappa shape index (κ2) is 57.0. The molecule has 0 aliphatic heterocycles. The molecule has 0 radical (unpaired) electrons. The van der Waals surface area contributed by atoms with E-state index in [2.05, 4.69) is 83.1 Å². The van der Waals surface area contributed by atoms with Gasteiger partial charge < -0.3 is 24.9 Å². The minimum Gasteiger partial charge on any atom is -0.478 e. The molecule has 9 heteroatoms. The third kappa shape index (κ3) is 51.9. The van der Waals surface area contributed by atoms with Gasteiger partial charge in [-0.05, 0) is 74.2 Å². The molecular weight excluding hydrogens is 863 g/mol. The predicted octanol–water partition coefficient (Wildman–Crippen LogP) is 17.8. The standard InChI is InChI=1S/C16H36N.4C7H6O2.4C4H10/c1-5-9-13-17(14-10-6-2,15-11-7-3)16-12-8-4;4*8-7(9)6-4-2-1-3-5-6;4*1-3-4-2/h5-16H2,1-4H3;4*1-5H,(H,8,9);4*3-4H2,1-2H3/q+1;;;;;;;;. The Morgan fingerprint density at radius 3 is 0.507 bits per heavy atom. The number of rotatable bonds is 20. The quantitative estimate of drug-likeness (QED) is 0.0640. The van der Waals surface area contributed by atoms with Crippen molar-refractivity contribution in [2.75, 3.05) is 26.2 Å². The SMILES string of the molecule is CCCC.CCCC.CCCC.CCCC.CCCC[N+](CCCC)(CCCC)CCCC.O=C(O)c1ccccc1.O=C(O)c1ccccc1.O=C(O)c1ccccc1.O=C(O)c1ccccc1. The van der Waals surface area contributed by atoms with Crippen LogP contribution in [-0.2, 0) is 0 Å². The largest absolute Gasteiger partial charge is 0.478 e. The Morgan fingerprint density at radius 1 is 0.275 bits per heavy atom. The molecule has 0 saturated heterocycles. The van der Waals surface area contributed by atoms with Crippen LogP contribution in [0.2, 0.25) is 0 Å². The fourth-order valence-electron chi connectivity index (χ4n) is 4.97. The van der Waals surface area contributed by atoms with Crippen LogP contribution in [0.25, 0.3) is 0 Å².